The second kappa shape index (κ2) is 5.61. The quantitative estimate of drug-likeness (QED) is 0.796. The Morgan fingerprint density at radius 1 is 1.36 bits per heavy atom. The third kappa shape index (κ3) is 3.14. The highest BCUT2D eigenvalue weighted by molar-refractivity contribution is 6.33. The fourth-order valence-corrected chi connectivity index (χ4v) is 3.53. The van der Waals surface area contributed by atoms with Crippen LogP contribution in [0.3, 0.4) is 0 Å². The Bertz CT molecular complexity index is 573. The average molecular weight is 324 g/mol. The molecule has 120 valence electrons. The summed E-state index contributed by atoms with van der Waals surface area (Å²) in [5, 5.41) is 0.708. The van der Waals surface area contributed by atoms with Gasteiger partial charge in [0.1, 0.15) is 5.60 Å². The first-order chi connectivity index (χ1) is 10.3. The number of anilines is 1. The first-order valence-corrected chi connectivity index (χ1v) is 8.05. The minimum Gasteiger partial charge on any atom is -0.444 e. The number of hydrogen-bond donors (Lipinski definition) is 0. The highest BCUT2D eigenvalue weighted by atomic mass is 35.5. The molecular formula is C16H22ClN3O2. The molecule has 1 aromatic rings. The number of pyridine rings is 1. The standard InChI is InChI=1S/C16H22ClN3O2/c1-16(2,3)22-15(21)20-9-11-6-12(20)10-19(8-11)14-7-18-5-4-13(14)17/h4-5,7,11-12H,6,8-10H2,1-3H3. The summed E-state index contributed by atoms with van der Waals surface area (Å²) in [6.07, 6.45) is 4.31. The zero-order valence-corrected chi connectivity index (χ0v) is 14.0. The van der Waals surface area contributed by atoms with Crippen LogP contribution in [0.1, 0.15) is 27.2 Å². The van der Waals surface area contributed by atoms with Crippen LogP contribution in [0.25, 0.3) is 0 Å². The maximum absolute atomic E-state index is 12.4. The molecule has 0 aliphatic carbocycles. The van der Waals surface area contributed by atoms with Crippen LogP contribution in [0.2, 0.25) is 5.02 Å². The molecule has 2 saturated heterocycles. The van der Waals surface area contributed by atoms with Crippen LogP contribution in [-0.4, -0.2) is 47.3 Å². The van der Waals surface area contributed by atoms with Crippen molar-refractivity contribution in [2.75, 3.05) is 24.5 Å². The Balaban J connectivity index is 1.73. The van der Waals surface area contributed by atoms with E-state index in [1.54, 1.807) is 18.5 Å². The van der Waals surface area contributed by atoms with Gasteiger partial charge in [0.15, 0.2) is 0 Å². The highest BCUT2D eigenvalue weighted by Crippen LogP contribution is 2.35. The van der Waals surface area contributed by atoms with Crippen LogP contribution in [0.15, 0.2) is 18.5 Å². The van der Waals surface area contributed by atoms with Gasteiger partial charge in [0, 0.05) is 25.8 Å². The third-order valence-corrected chi connectivity index (χ3v) is 4.45. The summed E-state index contributed by atoms with van der Waals surface area (Å²) in [6, 6.07) is 1.99. The molecule has 3 heterocycles. The Morgan fingerprint density at radius 2 is 2.14 bits per heavy atom. The van der Waals surface area contributed by atoms with Gasteiger partial charge in [-0.3, -0.25) is 4.98 Å². The fourth-order valence-electron chi connectivity index (χ4n) is 3.30. The molecule has 6 heteroatoms. The molecule has 2 bridgehead atoms. The van der Waals surface area contributed by atoms with Crippen LogP contribution in [-0.2, 0) is 4.74 Å². The molecule has 0 N–H and O–H groups in total. The molecule has 1 amide bonds. The summed E-state index contributed by atoms with van der Waals surface area (Å²) < 4.78 is 5.52. The van der Waals surface area contributed by atoms with Crippen molar-refractivity contribution in [3.05, 3.63) is 23.5 Å². The molecule has 2 aliphatic rings. The molecule has 0 radical (unpaired) electrons. The number of fused-ring (bicyclic) bond motifs is 2. The van der Waals surface area contributed by atoms with E-state index in [1.807, 2.05) is 25.7 Å². The summed E-state index contributed by atoms with van der Waals surface area (Å²) in [7, 11) is 0. The molecule has 2 fully saturated rings. The number of carbonyl (C=O) groups excluding carboxylic acids is 1. The summed E-state index contributed by atoms with van der Waals surface area (Å²) in [5.74, 6) is 0.461. The molecule has 0 saturated carbocycles. The van der Waals surface area contributed by atoms with E-state index in [2.05, 4.69) is 9.88 Å². The number of carbonyl (C=O) groups is 1. The minimum absolute atomic E-state index is 0.185. The predicted molar refractivity (Wildman–Crippen MR) is 86.3 cm³/mol. The molecule has 0 spiro atoms. The van der Waals surface area contributed by atoms with Gasteiger partial charge >= 0.3 is 6.09 Å². The lowest BCUT2D eigenvalue weighted by atomic mass is 9.99. The SMILES string of the molecule is CC(C)(C)OC(=O)N1CC2CC1CN(c1cnccc1Cl)C2. The van der Waals surface area contributed by atoms with Crippen molar-refractivity contribution in [1.29, 1.82) is 0 Å². The number of halogens is 1. The number of hydrogen-bond acceptors (Lipinski definition) is 4. The Hall–Kier alpha value is -1.49. The number of ether oxygens (including phenoxy) is 1. The summed E-state index contributed by atoms with van der Waals surface area (Å²) in [6.45, 7) is 8.13. The molecule has 2 aliphatic heterocycles. The van der Waals surface area contributed by atoms with Crippen LogP contribution < -0.4 is 4.90 Å². The van der Waals surface area contributed by atoms with Crippen molar-refractivity contribution in [2.45, 2.75) is 38.8 Å². The van der Waals surface area contributed by atoms with Gasteiger partial charge in [-0.1, -0.05) is 11.6 Å². The van der Waals surface area contributed by atoms with Crippen LogP contribution >= 0.6 is 11.6 Å². The van der Waals surface area contributed by atoms with Crippen molar-refractivity contribution in [3.63, 3.8) is 0 Å². The van der Waals surface area contributed by atoms with Gasteiger partial charge in [0.2, 0.25) is 0 Å². The number of likely N-dealkylation sites (tertiary alicyclic amines) is 1. The van der Waals surface area contributed by atoms with Gasteiger partial charge in [0.05, 0.1) is 22.9 Å². The number of aromatic nitrogens is 1. The average Bonchev–Trinajstić information content (AvgIpc) is 2.72. The van der Waals surface area contributed by atoms with E-state index in [0.29, 0.717) is 10.9 Å². The number of rotatable bonds is 1. The molecule has 22 heavy (non-hydrogen) atoms. The van der Waals surface area contributed by atoms with E-state index in [0.717, 1.165) is 31.7 Å². The van der Waals surface area contributed by atoms with Gasteiger partial charge in [-0.2, -0.15) is 0 Å². The first kappa shape index (κ1) is 15.4. The summed E-state index contributed by atoms with van der Waals surface area (Å²) >= 11 is 6.27. The lowest BCUT2D eigenvalue weighted by Gasteiger charge is -2.34. The number of piperidine rings is 1. The van der Waals surface area contributed by atoms with Crippen molar-refractivity contribution < 1.29 is 9.53 Å². The molecule has 2 unspecified atom stereocenters. The maximum atomic E-state index is 12.4. The van der Waals surface area contributed by atoms with Crippen molar-refractivity contribution in [1.82, 2.24) is 9.88 Å². The van der Waals surface area contributed by atoms with E-state index in [9.17, 15) is 4.79 Å². The Kier molecular flexibility index (Phi) is 3.93. The van der Waals surface area contributed by atoms with Crippen LogP contribution in [0, 0.1) is 5.92 Å². The van der Waals surface area contributed by atoms with Gasteiger partial charge in [-0.25, -0.2) is 4.79 Å². The molecule has 1 aromatic heterocycles. The lowest BCUT2D eigenvalue weighted by molar-refractivity contribution is 0.0233. The summed E-state index contributed by atoms with van der Waals surface area (Å²) in [5.41, 5.74) is 0.491. The number of nitrogens with zero attached hydrogens (tertiary/aromatic N) is 3. The topological polar surface area (TPSA) is 45.7 Å². The zero-order chi connectivity index (χ0) is 15.9. The van der Waals surface area contributed by atoms with E-state index < -0.39 is 5.60 Å². The van der Waals surface area contributed by atoms with Crippen molar-refractivity contribution in [3.8, 4) is 0 Å². The second-order valence-electron chi connectivity index (χ2n) is 7.12. The molecule has 3 rings (SSSR count). The second-order valence-corrected chi connectivity index (χ2v) is 7.53. The molecule has 2 atom stereocenters. The maximum Gasteiger partial charge on any atom is 0.410 e. The largest absolute Gasteiger partial charge is 0.444 e. The molecular weight excluding hydrogens is 302 g/mol. The van der Waals surface area contributed by atoms with E-state index >= 15 is 0 Å². The monoisotopic (exact) mass is 323 g/mol. The van der Waals surface area contributed by atoms with E-state index in [1.165, 1.54) is 0 Å². The Morgan fingerprint density at radius 3 is 2.82 bits per heavy atom. The first-order valence-electron chi connectivity index (χ1n) is 7.67. The van der Waals surface area contributed by atoms with Gasteiger partial charge < -0.3 is 14.5 Å². The highest BCUT2D eigenvalue weighted by Gasteiger charge is 2.42. The van der Waals surface area contributed by atoms with Crippen LogP contribution in [0.4, 0.5) is 10.5 Å². The fraction of sp³-hybridized carbons (Fsp3) is 0.625. The van der Waals surface area contributed by atoms with Gasteiger partial charge in [0.25, 0.3) is 0 Å². The van der Waals surface area contributed by atoms with E-state index in [-0.39, 0.29) is 12.1 Å². The van der Waals surface area contributed by atoms with Crippen LogP contribution in [0.5, 0.6) is 0 Å². The summed E-state index contributed by atoms with van der Waals surface area (Å²) in [4.78, 5) is 20.6. The number of amides is 1. The molecule has 5 nitrogen and oxygen atoms in total. The smallest absolute Gasteiger partial charge is 0.410 e. The lowest BCUT2D eigenvalue weighted by Crippen LogP contribution is -2.45. The van der Waals surface area contributed by atoms with Gasteiger partial charge in [-0.15, -0.1) is 0 Å². The Labute approximate surface area is 136 Å². The predicted octanol–water partition coefficient (Wildman–Crippen LogP) is 3.18. The zero-order valence-electron chi connectivity index (χ0n) is 13.3. The third-order valence-electron chi connectivity index (χ3n) is 4.13. The van der Waals surface area contributed by atoms with Gasteiger partial charge in [-0.05, 0) is 39.2 Å². The minimum atomic E-state index is -0.458. The van der Waals surface area contributed by atoms with Crippen molar-refractivity contribution >= 4 is 23.4 Å². The van der Waals surface area contributed by atoms with E-state index in [4.69, 9.17) is 16.3 Å². The van der Waals surface area contributed by atoms with Crippen molar-refractivity contribution in [2.24, 2.45) is 5.92 Å². The molecule has 0 aromatic carbocycles. The normalized spacial score (nSPS) is 24.5.